The fourth-order valence-electron chi connectivity index (χ4n) is 4.35. The number of carboxylic acid groups (broad SMARTS) is 2. The molecule has 0 heterocycles. The summed E-state index contributed by atoms with van der Waals surface area (Å²) >= 11 is 0. The molecule has 4 nitrogen and oxygen atoms in total. The average Bonchev–Trinajstić information content (AvgIpc) is 2.36. The molecule has 0 fully saturated rings. The van der Waals surface area contributed by atoms with Crippen molar-refractivity contribution in [2.24, 2.45) is 22.7 Å². The molecular weight excluding hydrogens is 256 g/mol. The average molecular weight is 282 g/mol. The highest BCUT2D eigenvalue weighted by atomic mass is 16.4. The molecule has 0 aromatic rings. The molecule has 0 saturated heterocycles. The number of carboxylic acids is 2. The molecule has 0 spiro atoms. The van der Waals surface area contributed by atoms with Gasteiger partial charge in [-0.3, -0.25) is 9.59 Å². The van der Waals surface area contributed by atoms with Crippen LogP contribution in [0.5, 0.6) is 0 Å². The summed E-state index contributed by atoms with van der Waals surface area (Å²) in [5.74, 6) is -2.52. The smallest absolute Gasteiger partial charge is 0.311 e. The minimum Gasteiger partial charge on any atom is -0.481 e. The maximum atomic E-state index is 12.1. The summed E-state index contributed by atoms with van der Waals surface area (Å²) in [6.45, 7) is 9.31. The van der Waals surface area contributed by atoms with E-state index >= 15 is 0 Å². The summed E-state index contributed by atoms with van der Waals surface area (Å²) in [6, 6.07) is 0. The van der Waals surface area contributed by atoms with Gasteiger partial charge in [-0.15, -0.1) is 0 Å². The Morgan fingerprint density at radius 2 is 1.65 bits per heavy atom. The van der Waals surface area contributed by atoms with Gasteiger partial charge in [-0.25, -0.2) is 0 Å². The van der Waals surface area contributed by atoms with Crippen LogP contribution >= 0.6 is 0 Å². The normalized spacial score (nSPS) is 37.4. The Balaban J connectivity index is 3.72. The van der Waals surface area contributed by atoms with Crippen molar-refractivity contribution in [1.82, 2.24) is 0 Å². The molecule has 1 aliphatic carbocycles. The van der Waals surface area contributed by atoms with Crippen LogP contribution in [0.15, 0.2) is 11.6 Å². The molecule has 0 aromatic heterocycles. The summed E-state index contributed by atoms with van der Waals surface area (Å²) in [5, 5.41) is 19.8. The Morgan fingerprint density at radius 3 is 2.00 bits per heavy atom. The summed E-state index contributed by atoms with van der Waals surface area (Å²) in [7, 11) is 0. The van der Waals surface area contributed by atoms with Crippen LogP contribution in [0.1, 0.15) is 53.9 Å². The van der Waals surface area contributed by atoms with E-state index in [0.717, 1.165) is 5.57 Å². The highest BCUT2D eigenvalue weighted by Gasteiger charge is 2.66. The molecule has 114 valence electrons. The Labute approximate surface area is 120 Å². The summed E-state index contributed by atoms with van der Waals surface area (Å²) in [5.41, 5.74) is -1.50. The minimum absolute atomic E-state index is 0.274. The highest BCUT2D eigenvalue weighted by Crippen LogP contribution is 2.60. The molecule has 0 bridgehead atoms. The van der Waals surface area contributed by atoms with Gasteiger partial charge in [0.25, 0.3) is 0 Å². The van der Waals surface area contributed by atoms with Gasteiger partial charge in [0.1, 0.15) is 0 Å². The first-order valence-electron chi connectivity index (χ1n) is 7.37. The topological polar surface area (TPSA) is 74.6 Å². The molecule has 0 aliphatic heterocycles. The third-order valence-electron chi connectivity index (χ3n) is 5.47. The second-order valence-electron chi connectivity index (χ2n) is 6.08. The van der Waals surface area contributed by atoms with E-state index in [-0.39, 0.29) is 11.8 Å². The Kier molecular flexibility index (Phi) is 4.67. The molecule has 1 rings (SSSR count). The van der Waals surface area contributed by atoms with Gasteiger partial charge in [-0.05, 0) is 31.6 Å². The molecule has 0 radical (unpaired) electrons. The standard InChI is InChI=1S/C16H26O4/c1-6-8-16(14(19)20)11(4)9-10(3)12(5)15(16,7-2)13(17)18/h9,11-12H,6-8H2,1-5H3,(H,17,18)(H,19,20)/t11-,12-,15?,16?/m0/s1. The quantitative estimate of drug-likeness (QED) is 0.756. The summed E-state index contributed by atoms with van der Waals surface area (Å²) < 4.78 is 0. The van der Waals surface area contributed by atoms with Crippen LogP contribution in [0, 0.1) is 22.7 Å². The number of aliphatic carboxylic acids is 2. The van der Waals surface area contributed by atoms with Crippen LogP contribution in [0.2, 0.25) is 0 Å². The lowest BCUT2D eigenvalue weighted by Crippen LogP contribution is -2.60. The van der Waals surface area contributed by atoms with E-state index < -0.39 is 22.8 Å². The maximum Gasteiger partial charge on any atom is 0.311 e. The van der Waals surface area contributed by atoms with Gasteiger partial charge in [-0.1, -0.05) is 45.8 Å². The SMILES string of the molecule is CCCC1(C(=O)O)[C@@H](C)C=C(C)[C@H](C)C1(CC)C(=O)O. The lowest BCUT2D eigenvalue weighted by Gasteiger charge is -2.54. The van der Waals surface area contributed by atoms with Gasteiger partial charge in [0.2, 0.25) is 0 Å². The Hall–Kier alpha value is -1.32. The highest BCUT2D eigenvalue weighted by molar-refractivity contribution is 5.88. The van der Waals surface area contributed by atoms with Crippen molar-refractivity contribution in [2.75, 3.05) is 0 Å². The van der Waals surface area contributed by atoms with Gasteiger partial charge >= 0.3 is 11.9 Å². The number of rotatable bonds is 5. The van der Waals surface area contributed by atoms with Gasteiger partial charge in [0, 0.05) is 0 Å². The van der Waals surface area contributed by atoms with Gasteiger partial charge in [0.15, 0.2) is 0 Å². The van der Waals surface area contributed by atoms with Crippen LogP contribution in [0.3, 0.4) is 0 Å². The van der Waals surface area contributed by atoms with Gasteiger partial charge in [-0.2, -0.15) is 0 Å². The number of allylic oxidation sites excluding steroid dienone is 2. The van der Waals surface area contributed by atoms with Crippen molar-refractivity contribution in [3.05, 3.63) is 11.6 Å². The molecule has 0 aromatic carbocycles. The van der Waals surface area contributed by atoms with Crippen molar-refractivity contribution < 1.29 is 19.8 Å². The number of hydrogen-bond acceptors (Lipinski definition) is 2. The molecule has 2 unspecified atom stereocenters. The molecule has 1 aliphatic rings. The lowest BCUT2D eigenvalue weighted by atomic mass is 9.46. The van der Waals surface area contributed by atoms with Crippen LogP contribution in [-0.2, 0) is 9.59 Å². The zero-order chi connectivity index (χ0) is 15.7. The fourth-order valence-corrected chi connectivity index (χ4v) is 4.35. The van der Waals surface area contributed by atoms with Gasteiger partial charge < -0.3 is 10.2 Å². The molecule has 0 amide bonds. The second kappa shape index (κ2) is 5.58. The van der Waals surface area contributed by atoms with E-state index in [1.165, 1.54) is 0 Å². The number of carbonyl (C=O) groups is 2. The first-order chi connectivity index (χ1) is 9.22. The minimum atomic E-state index is -1.24. The van der Waals surface area contributed by atoms with E-state index in [0.29, 0.717) is 19.3 Å². The van der Waals surface area contributed by atoms with Crippen molar-refractivity contribution in [1.29, 1.82) is 0 Å². The summed E-state index contributed by atoms with van der Waals surface area (Å²) in [4.78, 5) is 24.2. The van der Waals surface area contributed by atoms with Crippen LogP contribution in [0.4, 0.5) is 0 Å². The first kappa shape index (κ1) is 16.7. The first-order valence-corrected chi connectivity index (χ1v) is 7.37. The molecule has 20 heavy (non-hydrogen) atoms. The van der Waals surface area contributed by atoms with Crippen molar-refractivity contribution in [3.8, 4) is 0 Å². The monoisotopic (exact) mass is 282 g/mol. The zero-order valence-corrected chi connectivity index (χ0v) is 13.1. The second-order valence-corrected chi connectivity index (χ2v) is 6.08. The van der Waals surface area contributed by atoms with Crippen LogP contribution in [0.25, 0.3) is 0 Å². The summed E-state index contributed by atoms with van der Waals surface area (Å²) in [6.07, 6.45) is 3.32. The van der Waals surface area contributed by atoms with E-state index in [1.807, 2.05) is 33.8 Å². The predicted molar refractivity (Wildman–Crippen MR) is 77.4 cm³/mol. The molecule has 4 heteroatoms. The third-order valence-corrected chi connectivity index (χ3v) is 5.47. The third kappa shape index (κ3) is 1.88. The van der Waals surface area contributed by atoms with E-state index in [9.17, 15) is 19.8 Å². The van der Waals surface area contributed by atoms with E-state index in [1.54, 1.807) is 6.92 Å². The van der Waals surface area contributed by atoms with Crippen molar-refractivity contribution in [3.63, 3.8) is 0 Å². The Morgan fingerprint density at radius 1 is 1.15 bits per heavy atom. The Bertz CT molecular complexity index is 440. The van der Waals surface area contributed by atoms with Crippen LogP contribution < -0.4 is 0 Å². The number of hydrogen-bond donors (Lipinski definition) is 2. The largest absolute Gasteiger partial charge is 0.481 e. The van der Waals surface area contributed by atoms with Crippen molar-refractivity contribution >= 4 is 11.9 Å². The predicted octanol–water partition coefficient (Wildman–Crippen LogP) is 3.57. The molecule has 0 saturated carbocycles. The van der Waals surface area contributed by atoms with E-state index in [2.05, 4.69) is 0 Å². The molecule has 2 N–H and O–H groups in total. The lowest BCUT2D eigenvalue weighted by molar-refractivity contribution is -0.187. The molecule has 4 atom stereocenters. The zero-order valence-electron chi connectivity index (χ0n) is 13.1. The molecular formula is C16H26O4. The van der Waals surface area contributed by atoms with Gasteiger partial charge in [0.05, 0.1) is 10.8 Å². The van der Waals surface area contributed by atoms with Crippen molar-refractivity contribution in [2.45, 2.75) is 53.9 Å². The van der Waals surface area contributed by atoms with Crippen LogP contribution in [-0.4, -0.2) is 22.2 Å². The van der Waals surface area contributed by atoms with E-state index in [4.69, 9.17) is 0 Å². The fraction of sp³-hybridized carbons (Fsp3) is 0.750. The maximum absolute atomic E-state index is 12.1.